The number of nitrogens with two attached hydrogens (primary N) is 1. The summed E-state index contributed by atoms with van der Waals surface area (Å²) in [5, 5.41) is 7.36. The Bertz CT molecular complexity index is 540. The molecule has 2 aromatic rings. The summed E-state index contributed by atoms with van der Waals surface area (Å²) >= 11 is 0. The van der Waals surface area contributed by atoms with Gasteiger partial charge in [-0.2, -0.15) is 5.10 Å². The Morgan fingerprint density at radius 3 is 2.78 bits per heavy atom. The molecule has 0 amide bonds. The molecule has 3 rings (SSSR count). The van der Waals surface area contributed by atoms with Crippen LogP contribution in [0.3, 0.4) is 0 Å². The fourth-order valence-electron chi connectivity index (χ4n) is 2.87. The van der Waals surface area contributed by atoms with E-state index in [1.165, 1.54) is 36.1 Å². The highest BCUT2D eigenvalue weighted by Gasteiger charge is 2.31. The molecule has 1 unspecified atom stereocenters. The lowest BCUT2D eigenvalue weighted by Gasteiger charge is -2.34. The van der Waals surface area contributed by atoms with Crippen LogP contribution in [0.15, 0.2) is 30.5 Å². The van der Waals surface area contributed by atoms with Crippen molar-refractivity contribution in [3.05, 3.63) is 47.3 Å². The first-order valence-corrected chi connectivity index (χ1v) is 6.61. The van der Waals surface area contributed by atoms with Gasteiger partial charge in [0.2, 0.25) is 0 Å². The third-order valence-corrected chi connectivity index (χ3v) is 4.07. The molecular weight excluding hydrogens is 222 g/mol. The number of nitrogen functional groups attached to an aromatic ring is 1. The van der Waals surface area contributed by atoms with E-state index in [9.17, 15) is 0 Å². The SMILES string of the molecule is Cc1cn[nH]c1C(c1cccc(N)c1)C1CCC1. The van der Waals surface area contributed by atoms with E-state index in [1.54, 1.807) is 0 Å². The Morgan fingerprint density at radius 2 is 2.22 bits per heavy atom. The van der Waals surface area contributed by atoms with Crippen LogP contribution < -0.4 is 5.73 Å². The second kappa shape index (κ2) is 4.48. The van der Waals surface area contributed by atoms with Gasteiger partial charge in [-0.25, -0.2) is 0 Å². The van der Waals surface area contributed by atoms with Gasteiger partial charge in [-0.05, 0) is 48.9 Å². The average Bonchev–Trinajstić information content (AvgIpc) is 2.69. The zero-order valence-corrected chi connectivity index (χ0v) is 10.7. The predicted molar refractivity (Wildman–Crippen MR) is 73.4 cm³/mol. The Balaban J connectivity index is 2.03. The van der Waals surface area contributed by atoms with E-state index in [2.05, 4.69) is 29.3 Å². The molecule has 1 atom stereocenters. The van der Waals surface area contributed by atoms with Crippen LogP contribution >= 0.6 is 0 Å². The summed E-state index contributed by atoms with van der Waals surface area (Å²) in [6, 6.07) is 8.27. The van der Waals surface area contributed by atoms with Gasteiger partial charge in [-0.15, -0.1) is 0 Å². The van der Waals surface area contributed by atoms with Crippen molar-refractivity contribution in [1.82, 2.24) is 10.2 Å². The summed E-state index contributed by atoms with van der Waals surface area (Å²) in [6.07, 6.45) is 5.86. The van der Waals surface area contributed by atoms with Crippen molar-refractivity contribution in [2.45, 2.75) is 32.1 Å². The summed E-state index contributed by atoms with van der Waals surface area (Å²) < 4.78 is 0. The van der Waals surface area contributed by atoms with Crippen molar-refractivity contribution < 1.29 is 0 Å². The number of rotatable bonds is 3. The molecule has 1 fully saturated rings. The lowest BCUT2D eigenvalue weighted by atomic mass is 9.71. The molecule has 1 heterocycles. The zero-order valence-electron chi connectivity index (χ0n) is 10.7. The molecule has 0 saturated heterocycles. The van der Waals surface area contributed by atoms with Gasteiger partial charge in [-0.1, -0.05) is 18.6 Å². The maximum atomic E-state index is 5.92. The van der Waals surface area contributed by atoms with Gasteiger partial charge in [0, 0.05) is 17.3 Å². The molecule has 94 valence electrons. The molecule has 1 aliphatic carbocycles. The van der Waals surface area contributed by atoms with Crippen LogP contribution in [-0.4, -0.2) is 10.2 Å². The predicted octanol–water partition coefficient (Wildman–Crippen LogP) is 3.23. The van der Waals surface area contributed by atoms with Gasteiger partial charge in [0.1, 0.15) is 0 Å². The number of benzene rings is 1. The topological polar surface area (TPSA) is 54.7 Å². The van der Waals surface area contributed by atoms with E-state index in [4.69, 9.17) is 5.73 Å². The van der Waals surface area contributed by atoms with Gasteiger partial charge in [0.05, 0.1) is 6.20 Å². The van der Waals surface area contributed by atoms with Crippen molar-refractivity contribution in [2.24, 2.45) is 5.92 Å². The first kappa shape index (κ1) is 11.3. The number of nitrogens with one attached hydrogen (secondary N) is 1. The third-order valence-electron chi connectivity index (χ3n) is 4.07. The molecule has 18 heavy (non-hydrogen) atoms. The zero-order chi connectivity index (χ0) is 12.5. The lowest BCUT2D eigenvalue weighted by Crippen LogP contribution is -2.22. The van der Waals surface area contributed by atoms with Crippen LogP contribution in [0.4, 0.5) is 5.69 Å². The fraction of sp³-hybridized carbons (Fsp3) is 0.400. The summed E-state index contributed by atoms with van der Waals surface area (Å²) in [5.74, 6) is 1.15. The van der Waals surface area contributed by atoms with Gasteiger partial charge in [-0.3, -0.25) is 5.10 Å². The van der Waals surface area contributed by atoms with E-state index in [1.807, 2.05) is 18.3 Å². The van der Waals surface area contributed by atoms with Crippen LogP contribution in [0, 0.1) is 12.8 Å². The van der Waals surface area contributed by atoms with Gasteiger partial charge in [0.25, 0.3) is 0 Å². The molecule has 3 nitrogen and oxygen atoms in total. The van der Waals surface area contributed by atoms with Gasteiger partial charge >= 0.3 is 0 Å². The summed E-state index contributed by atoms with van der Waals surface area (Å²) in [5.41, 5.74) is 10.6. The average molecular weight is 241 g/mol. The van der Waals surface area contributed by atoms with Crippen LogP contribution in [0.5, 0.6) is 0 Å². The van der Waals surface area contributed by atoms with Crippen molar-refractivity contribution in [1.29, 1.82) is 0 Å². The number of aryl methyl sites for hydroxylation is 1. The first-order valence-electron chi connectivity index (χ1n) is 6.61. The van der Waals surface area contributed by atoms with Crippen LogP contribution in [0.1, 0.15) is 42.0 Å². The lowest BCUT2D eigenvalue weighted by molar-refractivity contribution is 0.280. The molecule has 1 aliphatic rings. The van der Waals surface area contributed by atoms with E-state index in [-0.39, 0.29) is 0 Å². The number of anilines is 1. The Labute approximate surface area is 107 Å². The Morgan fingerprint density at radius 1 is 1.39 bits per heavy atom. The largest absolute Gasteiger partial charge is 0.399 e. The third kappa shape index (κ3) is 1.90. The highest BCUT2D eigenvalue weighted by molar-refractivity contribution is 5.44. The van der Waals surface area contributed by atoms with E-state index in [0.29, 0.717) is 5.92 Å². The molecule has 0 aliphatic heterocycles. The highest BCUT2D eigenvalue weighted by Crippen LogP contribution is 2.43. The van der Waals surface area contributed by atoms with E-state index < -0.39 is 0 Å². The van der Waals surface area contributed by atoms with Gasteiger partial charge < -0.3 is 5.73 Å². The summed E-state index contributed by atoms with van der Waals surface area (Å²) in [6.45, 7) is 2.12. The van der Waals surface area contributed by atoms with Crippen LogP contribution in [-0.2, 0) is 0 Å². The summed E-state index contributed by atoms with van der Waals surface area (Å²) in [7, 11) is 0. The molecule has 3 heteroatoms. The maximum absolute atomic E-state index is 5.92. The van der Waals surface area contributed by atoms with E-state index >= 15 is 0 Å². The summed E-state index contributed by atoms with van der Waals surface area (Å²) in [4.78, 5) is 0. The smallest absolute Gasteiger partial charge is 0.0519 e. The maximum Gasteiger partial charge on any atom is 0.0519 e. The molecule has 0 spiro atoms. The van der Waals surface area contributed by atoms with Crippen molar-refractivity contribution in [2.75, 3.05) is 5.73 Å². The molecule has 0 radical (unpaired) electrons. The van der Waals surface area contributed by atoms with Crippen molar-refractivity contribution in [3.8, 4) is 0 Å². The number of hydrogen-bond acceptors (Lipinski definition) is 2. The molecule has 1 aromatic heterocycles. The Kier molecular flexibility index (Phi) is 2.82. The van der Waals surface area contributed by atoms with Crippen molar-refractivity contribution >= 4 is 5.69 Å². The van der Waals surface area contributed by atoms with Crippen LogP contribution in [0.25, 0.3) is 0 Å². The second-order valence-electron chi connectivity index (χ2n) is 5.31. The Hall–Kier alpha value is -1.77. The highest BCUT2D eigenvalue weighted by atomic mass is 15.1. The number of hydrogen-bond donors (Lipinski definition) is 2. The minimum Gasteiger partial charge on any atom is -0.399 e. The molecule has 1 saturated carbocycles. The number of aromatic amines is 1. The van der Waals surface area contributed by atoms with Crippen LogP contribution in [0.2, 0.25) is 0 Å². The number of H-pyrrole nitrogens is 1. The molecule has 3 N–H and O–H groups in total. The quantitative estimate of drug-likeness (QED) is 0.810. The fourth-order valence-corrected chi connectivity index (χ4v) is 2.87. The van der Waals surface area contributed by atoms with E-state index in [0.717, 1.165) is 11.6 Å². The second-order valence-corrected chi connectivity index (χ2v) is 5.31. The minimum atomic E-state index is 0.421. The normalized spacial score (nSPS) is 17.4. The number of aromatic nitrogens is 2. The first-order chi connectivity index (χ1) is 8.75. The van der Waals surface area contributed by atoms with Crippen molar-refractivity contribution in [3.63, 3.8) is 0 Å². The van der Waals surface area contributed by atoms with Gasteiger partial charge in [0.15, 0.2) is 0 Å². The number of nitrogens with zero attached hydrogens (tertiary/aromatic N) is 1. The molecular formula is C15H19N3. The molecule has 1 aromatic carbocycles. The standard InChI is InChI=1S/C15H19N3/c1-10-9-17-18-15(10)14(11-4-2-5-11)12-6-3-7-13(16)8-12/h3,6-9,11,14H,2,4-5,16H2,1H3,(H,17,18). The monoisotopic (exact) mass is 241 g/mol. The molecule has 0 bridgehead atoms. The minimum absolute atomic E-state index is 0.421.